The summed E-state index contributed by atoms with van der Waals surface area (Å²) in [4.78, 5) is 14.2. The number of thiophene rings is 1. The fourth-order valence-corrected chi connectivity index (χ4v) is 4.18. The first kappa shape index (κ1) is 20.5. The Morgan fingerprint density at radius 3 is 2.72 bits per heavy atom. The average Bonchev–Trinajstić information content (AvgIpc) is 2.96. The number of piperidine rings is 1. The van der Waals surface area contributed by atoms with E-state index in [1.165, 1.54) is 0 Å². The predicted molar refractivity (Wildman–Crippen MR) is 91.9 cm³/mol. The lowest BCUT2D eigenvalue weighted by Crippen LogP contribution is -2.41. The standard InChI is InChI=1S/C16H21F3N2O2S.ClH/c17-16(18,19)11-23-9-14(22)21(8-12-1-6-24-10-12)13-7-15(13)2-4-20-5-3-15;/h1,6,10,13,20H,2-5,7-9,11H2;1H. The molecule has 0 aromatic carbocycles. The molecule has 1 spiro atoms. The van der Waals surface area contributed by atoms with Crippen molar-refractivity contribution in [3.05, 3.63) is 22.4 Å². The van der Waals surface area contributed by atoms with Crippen LogP contribution in [0.3, 0.4) is 0 Å². The van der Waals surface area contributed by atoms with E-state index >= 15 is 0 Å². The third-order valence-corrected chi connectivity index (χ3v) is 5.60. The van der Waals surface area contributed by atoms with Crippen LogP contribution in [-0.2, 0) is 16.1 Å². The van der Waals surface area contributed by atoms with Gasteiger partial charge in [0.05, 0.1) is 0 Å². The Hall–Kier alpha value is -0.830. The Morgan fingerprint density at radius 1 is 1.40 bits per heavy atom. The number of nitrogens with zero attached hydrogens (tertiary/aromatic N) is 1. The summed E-state index contributed by atoms with van der Waals surface area (Å²) >= 11 is 1.55. The second-order valence-electron chi connectivity index (χ2n) is 6.59. The molecule has 1 saturated heterocycles. The van der Waals surface area contributed by atoms with Crippen LogP contribution in [0.25, 0.3) is 0 Å². The topological polar surface area (TPSA) is 41.6 Å². The number of carbonyl (C=O) groups excluding carboxylic acids is 1. The number of hydrogen-bond acceptors (Lipinski definition) is 4. The van der Waals surface area contributed by atoms with Crippen molar-refractivity contribution in [1.29, 1.82) is 0 Å². The molecule has 3 rings (SSSR count). The highest BCUT2D eigenvalue weighted by Crippen LogP contribution is 2.56. The van der Waals surface area contributed by atoms with E-state index in [0.717, 1.165) is 37.9 Å². The van der Waals surface area contributed by atoms with Gasteiger partial charge in [-0.2, -0.15) is 24.5 Å². The minimum Gasteiger partial charge on any atom is -0.362 e. The molecular weight excluding hydrogens is 377 g/mol. The lowest BCUT2D eigenvalue weighted by Gasteiger charge is -2.29. The molecule has 1 atom stereocenters. The summed E-state index contributed by atoms with van der Waals surface area (Å²) in [5.41, 5.74) is 1.15. The number of alkyl halides is 3. The van der Waals surface area contributed by atoms with E-state index in [2.05, 4.69) is 10.1 Å². The fraction of sp³-hybridized carbons (Fsp3) is 0.688. The van der Waals surface area contributed by atoms with Gasteiger partial charge in [0, 0.05) is 12.6 Å². The molecule has 1 aromatic rings. The highest BCUT2D eigenvalue weighted by molar-refractivity contribution is 7.07. The van der Waals surface area contributed by atoms with Crippen LogP contribution in [-0.4, -0.2) is 49.3 Å². The largest absolute Gasteiger partial charge is 0.411 e. The smallest absolute Gasteiger partial charge is 0.362 e. The van der Waals surface area contributed by atoms with Gasteiger partial charge in [0.25, 0.3) is 0 Å². The van der Waals surface area contributed by atoms with Crippen LogP contribution in [0.4, 0.5) is 13.2 Å². The highest BCUT2D eigenvalue weighted by Gasteiger charge is 2.57. The predicted octanol–water partition coefficient (Wildman–Crippen LogP) is 3.22. The maximum Gasteiger partial charge on any atom is 0.411 e. The van der Waals surface area contributed by atoms with Gasteiger partial charge >= 0.3 is 6.18 Å². The van der Waals surface area contributed by atoms with Gasteiger partial charge < -0.3 is 15.0 Å². The molecule has 9 heteroatoms. The first-order valence-electron chi connectivity index (χ1n) is 8.05. The summed E-state index contributed by atoms with van der Waals surface area (Å²) in [5.74, 6) is -0.356. The summed E-state index contributed by atoms with van der Waals surface area (Å²) in [6, 6.07) is 2.06. The molecule has 2 fully saturated rings. The Labute approximate surface area is 155 Å². The van der Waals surface area contributed by atoms with Crippen molar-refractivity contribution in [2.24, 2.45) is 5.41 Å². The van der Waals surface area contributed by atoms with Gasteiger partial charge in [-0.1, -0.05) is 0 Å². The van der Waals surface area contributed by atoms with E-state index in [1.807, 2.05) is 16.8 Å². The van der Waals surface area contributed by atoms with Crippen molar-refractivity contribution < 1.29 is 22.7 Å². The van der Waals surface area contributed by atoms with E-state index in [9.17, 15) is 18.0 Å². The van der Waals surface area contributed by atoms with E-state index in [1.54, 1.807) is 16.2 Å². The Bertz CT molecular complexity index is 562. The summed E-state index contributed by atoms with van der Waals surface area (Å²) in [6.07, 6.45) is -1.46. The molecule has 1 N–H and O–H groups in total. The van der Waals surface area contributed by atoms with Crippen LogP contribution < -0.4 is 5.32 Å². The molecular formula is C16H22ClF3N2O2S. The number of nitrogens with one attached hydrogen (secondary N) is 1. The van der Waals surface area contributed by atoms with Crippen LogP contribution in [0.1, 0.15) is 24.8 Å². The second kappa shape index (κ2) is 8.24. The molecule has 1 aliphatic carbocycles. The maximum absolute atomic E-state index is 12.5. The van der Waals surface area contributed by atoms with Gasteiger partial charge in [-0.05, 0) is 60.2 Å². The van der Waals surface area contributed by atoms with Crippen LogP contribution in [0.15, 0.2) is 16.8 Å². The molecule has 142 valence electrons. The molecule has 25 heavy (non-hydrogen) atoms. The van der Waals surface area contributed by atoms with Gasteiger partial charge in [0.2, 0.25) is 5.91 Å². The van der Waals surface area contributed by atoms with Crippen LogP contribution in [0.2, 0.25) is 0 Å². The maximum atomic E-state index is 12.5. The molecule has 2 heterocycles. The zero-order valence-corrected chi connectivity index (χ0v) is 15.3. The number of ether oxygens (including phenoxy) is 1. The average molecular weight is 399 g/mol. The number of halogens is 4. The van der Waals surface area contributed by atoms with E-state index in [-0.39, 0.29) is 29.8 Å². The first-order valence-corrected chi connectivity index (χ1v) is 9.00. The Balaban J connectivity index is 0.00000225. The number of amides is 1. The van der Waals surface area contributed by atoms with E-state index in [4.69, 9.17) is 0 Å². The molecule has 1 aromatic heterocycles. The third-order valence-electron chi connectivity index (χ3n) is 4.87. The normalized spacial score (nSPS) is 21.6. The molecule has 0 bridgehead atoms. The molecule has 4 nitrogen and oxygen atoms in total. The molecule has 2 aliphatic rings. The summed E-state index contributed by atoms with van der Waals surface area (Å²) < 4.78 is 41.2. The molecule has 1 unspecified atom stereocenters. The van der Waals surface area contributed by atoms with Crippen molar-refractivity contribution in [3.63, 3.8) is 0 Å². The first-order chi connectivity index (χ1) is 11.4. The lowest BCUT2D eigenvalue weighted by molar-refractivity contribution is -0.178. The lowest BCUT2D eigenvalue weighted by atomic mass is 9.93. The molecule has 1 aliphatic heterocycles. The van der Waals surface area contributed by atoms with Crippen LogP contribution in [0.5, 0.6) is 0 Å². The fourth-order valence-electron chi connectivity index (χ4n) is 3.52. The van der Waals surface area contributed by atoms with Gasteiger partial charge in [-0.3, -0.25) is 4.79 Å². The molecule has 0 radical (unpaired) electrons. The van der Waals surface area contributed by atoms with Gasteiger partial charge in [0.15, 0.2) is 0 Å². The zero-order valence-electron chi connectivity index (χ0n) is 13.7. The van der Waals surface area contributed by atoms with Crippen molar-refractivity contribution in [2.75, 3.05) is 26.3 Å². The Kier molecular flexibility index (Phi) is 6.75. The summed E-state index contributed by atoms with van der Waals surface area (Å²) in [7, 11) is 0. The highest BCUT2D eigenvalue weighted by atomic mass is 35.5. The van der Waals surface area contributed by atoms with Gasteiger partial charge in [0.1, 0.15) is 13.2 Å². The van der Waals surface area contributed by atoms with Crippen molar-refractivity contribution in [2.45, 2.75) is 38.0 Å². The number of rotatable bonds is 6. The monoisotopic (exact) mass is 398 g/mol. The third kappa shape index (κ3) is 5.32. The number of hydrogen-bond donors (Lipinski definition) is 1. The SMILES string of the molecule is Cl.O=C(COCC(F)(F)F)N(Cc1ccsc1)C1CC12CCNCC2. The quantitative estimate of drug-likeness (QED) is 0.800. The van der Waals surface area contributed by atoms with Gasteiger partial charge in [-0.15, -0.1) is 12.4 Å². The van der Waals surface area contributed by atoms with Crippen molar-refractivity contribution >= 4 is 29.7 Å². The van der Waals surface area contributed by atoms with Crippen molar-refractivity contribution in [1.82, 2.24) is 10.2 Å². The second-order valence-corrected chi connectivity index (χ2v) is 7.37. The van der Waals surface area contributed by atoms with E-state index in [0.29, 0.717) is 6.54 Å². The molecule has 1 saturated carbocycles. The van der Waals surface area contributed by atoms with Crippen LogP contribution >= 0.6 is 23.7 Å². The van der Waals surface area contributed by atoms with E-state index < -0.39 is 19.4 Å². The minimum atomic E-state index is -4.41. The zero-order chi connectivity index (χ0) is 17.2. The number of carbonyl (C=O) groups is 1. The Morgan fingerprint density at radius 2 is 2.12 bits per heavy atom. The molecule has 1 amide bonds. The summed E-state index contributed by atoms with van der Waals surface area (Å²) in [5, 5.41) is 7.22. The van der Waals surface area contributed by atoms with Crippen LogP contribution in [0, 0.1) is 5.41 Å². The minimum absolute atomic E-state index is 0. The van der Waals surface area contributed by atoms with Gasteiger partial charge in [-0.25, -0.2) is 0 Å². The van der Waals surface area contributed by atoms with Crippen molar-refractivity contribution in [3.8, 4) is 0 Å². The summed E-state index contributed by atoms with van der Waals surface area (Å²) in [6.45, 7) is 0.403.